The number of carbonyl (C=O) groups excluding carboxylic acids is 1. The molecule has 3 atom stereocenters. The zero-order chi connectivity index (χ0) is 10.1. The molecule has 1 amide bonds. The van der Waals surface area contributed by atoms with Crippen molar-refractivity contribution in [2.24, 2.45) is 11.8 Å². The number of amides is 1. The number of fused-ring (bicyclic) bond motifs is 1. The van der Waals surface area contributed by atoms with E-state index in [1.165, 1.54) is 19.3 Å². The fourth-order valence-corrected chi connectivity index (χ4v) is 3.02. The topological polar surface area (TPSA) is 29.5 Å². The lowest BCUT2D eigenvalue weighted by Gasteiger charge is -2.23. The van der Waals surface area contributed by atoms with Gasteiger partial charge in [0.25, 0.3) is 0 Å². The normalized spacial score (nSPS) is 35.9. The lowest BCUT2D eigenvalue weighted by Crippen LogP contribution is -2.36. The minimum atomic E-state index is -0.116. The number of likely N-dealkylation sites (tertiary alicyclic amines) is 1. The van der Waals surface area contributed by atoms with Gasteiger partial charge in [-0.25, -0.2) is 4.79 Å². The van der Waals surface area contributed by atoms with Crippen molar-refractivity contribution in [3.05, 3.63) is 0 Å². The van der Waals surface area contributed by atoms with Crippen LogP contribution >= 0.6 is 0 Å². The van der Waals surface area contributed by atoms with Crippen LogP contribution < -0.4 is 0 Å². The Balaban J connectivity index is 1.99. The molecular formula is C11H19NO2. The Morgan fingerprint density at radius 1 is 1.50 bits per heavy atom. The average Bonchev–Trinajstić information content (AvgIpc) is 2.69. The zero-order valence-electron chi connectivity index (χ0n) is 9.03. The maximum absolute atomic E-state index is 11.6. The van der Waals surface area contributed by atoms with Crippen molar-refractivity contribution in [2.45, 2.75) is 39.2 Å². The van der Waals surface area contributed by atoms with E-state index in [0.29, 0.717) is 12.6 Å². The number of nitrogens with zero attached hydrogens (tertiary/aromatic N) is 1. The maximum atomic E-state index is 11.6. The standard InChI is InChI=1S/C11H19NO2/c1-3-14-11(13)12-7-9-5-4-6-10(9)8(12)2/h8-10H,3-7H2,1-2H3. The van der Waals surface area contributed by atoms with Gasteiger partial charge in [-0.3, -0.25) is 0 Å². The summed E-state index contributed by atoms with van der Waals surface area (Å²) < 4.78 is 5.05. The molecule has 2 aliphatic rings. The summed E-state index contributed by atoms with van der Waals surface area (Å²) >= 11 is 0. The van der Waals surface area contributed by atoms with Crippen molar-refractivity contribution in [3.63, 3.8) is 0 Å². The van der Waals surface area contributed by atoms with Gasteiger partial charge in [-0.2, -0.15) is 0 Å². The van der Waals surface area contributed by atoms with Crippen LogP contribution in [0.15, 0.2) is 0 Å². The number of hydrogen-bond acceptors (Lipinski definition) is 2. The molecule has 14 heavy (non-hydrogen) atoms. The highest BCUT2D eigenvalue weighted by molar-refractivity contribution is 5.68. The fourth-order valence-electron chi connectivity index (χ4n) is 3.02. The summed E-state index contributed by atoms with van der Waals surface area (Å²) in [5.41, 5.74) is 0. The van der Waals surface area contributed by atoms with Crippen molar-refractivity contribution < 1.29 is 9.53 Å². The minimum absolute atomic E-state index is 0.116. The Labute approximate surface area is 85.4 Å². The lowest BCUT2D eigenvalue weighted by atomic mass is 9.95. The first-order valence-electron chi connectivity index (χ1n) is 5.67. The Kier molecular flexibility index (Phi) is 2.66. The third-order valence-electron chi connectivity index (χ3n) is 3.76. The minimum Gasteiger partial charge on any atom is -0.450 e. The predicted octanol–water partition coefficient (Wildman–Crippen LogP) is 2.26. The smallest absolute Gasteiger partial charge is 0.410 e. The van der Waals surface area contributed by atoms with Crippen LogP contribution in [0.2, 0.25) is 0 Å². The van der Waals surface area contributed by atoms with E-state index in [1.54, 1.807) is 0 Å². The van der Waals surface area contributed by atoms with Crippen LogP contribution in [0.4, 0.5) is 4.79 Å². The third kappa shape index (κ3) is 1.49. The van der Waals surface area contributed by atoms with E-state index >= 15 is 0 Å². The van der Waals surface area contributed by atoms with E-state index in [0.717, 1.165) is 18.4 Å². The number of rotatable bonds is 1. The highest BCUT2D eigenvalue weighted by Gasteiger charge is 2.43. The van der Waals surface area contributed by atoms with Gasteiger partial charge in [-0.15, -0.1) is 0 Å². The number of carbonyl (C=O) groups is 1. The summed E-state index contributed by atoms with van der Waals surface area (Å²) in [6.45, 7) is 5.43. The Hall–Kier alpha value is -0.730. The van der Waals surface area contributed by atoms with Gasteiger partial charge >= 0.3 is 6.09 Å². The maximum Gasteiger partial charge on any atom is 0.410 e. The molecule has 0 radical (unpaired) electrons. The molecule has 3 unspecified atom stereocenters. The second kappa shape index (κ2) is 3.79. The molecule has 0 bridgehead atoms. The molecular weight excluding hydrogens is 178 g/mol. The molecule has 0 N–H and O–H groups in total. The quantitative estimate of drug-likeness (QED) is 0.645. The van der Waals surface area contributed by atoms with Crippen LogP contribution in [0.1, 0.15) is 33.1 Å². The molecule has 3 heteroatoms. The van der Waals surface area contributed by atoms with Crippen molar-refractivity contribution in [3.8, 4) is 0 Å². The Bertz CT molecular complexity index is 229. The molecule has 0 aromatic rings. The van der Waals surface area contributed by atoms with Crippen molar-refractivity contribution in [2.75, 3.05) is 13.2 Å². The highest BCUT2D eigenvalue weighted by atomic mass is 16.6. The van der Waals surface area contributed by atoms with Gasteiger partial charge in [0.15, 0.2) is 0 Å². The first-order chi connectivity index (χ1) is 6.74. The van der Waals surface area contributed by atoms with Crippen LogP contribution in [-0.4, -0.2) is 30.2 Å². The van der Waals surface area contributed by atoms with Gasteiger partial charge < -0.3 is 9.64 Å². The summed E-state index contributed by atoms with van der Waals surface area (Å²) in [6, 6.07) is 0.390. The summed E-state index contributed by atoms with van der Waals surface area (Å²) in [6.07, 6.45) is 3.82. The molecule has 1 heterocycles. The van der Waals surface area contributed by atoms with Gasteiger partial charge in [0.05, 0.1) is 6.61 Å². The zero-order valence-corrected chi connectivity index (χ0v) is 9.03. The van der Waals surface area contributed by atoms with Crippen molar-refractivity contribution in [1.29, 1.82) is 0 Å². The summed E-state index contributed by atoms with van der Waals surface area (Å²) in [4.78, 5) is 13.5. The molecule has 0 spiro atoms. The molecule has 1 aliphatic carbocycles. The van der Waals surface area contributed by atoms with Crippen LogP contribution in [0.25, 0.3) is 0 Å². The van der Waals surface area contributed by atoms with E-state index in [1.807, 2.05) is 11.8 Å². The van der Waals surface area contributed by atoms with E-state index in [9.17, 15) is 4.79 Å². The van der Waals surface area contributed by atoms with Crippen LogP contribution in [0.5, 0.6) is 0 Å². The van der Waals surface area contributed by atoms with E-state index in [4.69, 9.17) is 4.74 Å². The van der Waals surface area contributed by atoms with Gasteiger partial charge in [0.2, 0.25) is 0 Å². The fraction of sp³-hybridized carbons (Fsp3) is 0.909. The van der Waals surface area contributed by atoms with Crippen LogP contribution in [-0.2, 0) is 4.74 Å². The van der Waals surface area contributed by atoms with Crippen molar-refractivity contribution in [1.82, 2.24) is 4.90 Å². The predicted molar refractivity (Wildman–Crippen MR) is 54.0 cm³/mol. The summed E-state index contributed by atoms with van der Waals surface area (Å²) in [7, 11) is 0. The van der Waals surface area contributed by atoms with Gasteiger partial charge in [0, 0.05) is 12.6 Å². The monoisotopic (exact) mass is 197 g/mol. The van der Waals surface area contributed by atoms with Crippen LogP contribution in [0, 0.1) is 11.8 Å². The van der Waals surface area contributed by atoms with Crippen molar-refractivity contribution >= 4 is 6.09 Å². The van der Waals surface area contributed by atoms with Gasteiger partial charge in [-0.05, 0) is 38.5 Å². The first-order valence-corrected chi connectivity index (χ1v) is 5.67. The Morgan fingerprint density at radius 3 is 2.93 bits per heavy atom. The van der Waals surface area contributed by atoms with Gasteiger partial charge in [-0.1, -0.05) is 6.42 Å². The van der Waals surface area contributed by atoms with Crippen LogP contribution in [0.3, 0.4) is 0 Å². The third-order valence-corrected chi connectivity index (χ3v) is 3.76. The van der Waals surface area contributed by atoms with E-state index < -0.39 is 0 Å². The first kappa shape index (κ1) is 9.81. The lowest BCUT2D eigenvalue weighted by molar-refractivity contribution is 0.100. The largest absolute Gasteiger partial charge is 0.450 e. The summed E-state index contributed by atoms with van der Waals surface area (Å²) in [5.74, 6) is 1.48. The summed E-state index contributed by atoms with van der Waals surface area (Å²) in [5, 5.41) is 0. The van der Waals surface area contributed by atoms with E-state index in [-0.39, 0.29) is 6.09 Å². The molecule has 0 aromatic carbocycles. The van der Waals surface area contributed by atoms with Gasteiger partial charge in [0.1, 0.15) is 0 Å². The molecule has 3 nitrogen and oxygen atoms in total. The number of hydrogen-bond donors (Lipinski definition) is 0. The highest BCUT2D eigenvalue weighted by Crippen LogP contribution is 2.41. The van der Waals surface area contributed by atoms with E-state index in [2.05, 4.69) is 6.92 Å². The molecule has 2 rings (SSSR count). The second-order valence-corrected chi connectivity index (χ2v) is 4.45. The SMILES string of the molecule is CCOC(=O)N1CC2CCCC2C1C. The molecule has 1 saturated carbocycles. The Morgan fingerprint density at radius 2 is 2.29 bits per heavy atom. The second-order valence-electron chi connectivity index (χ2n) is 4.45. The molecule has 80 valence electrons. The molecule has 2 fully saturated rings. The average molecular weight is 197 g/mol. The molecule has 1 saturated heterocycles. The molecule has 0 aromatic heterocycles. The number of ether oxygens (including phenoxy) is 1. The molecule has 1 aliphatic heterocycles.